The predicted molar refractivity (Wildman–Crippen MR) is 74.5 cm³/mol. The van der Waals surface area contributed by atoms with Crippen molar-refractivity contribution in [3.05, 3.63) is 51.7 Å². The molecule has 1 heterocycles. The summed E-state index contributed by atoms with van der Waals surface area (Å²) >= 11 is 9.16. The van der Waals surface area contributed by atoms with E-state index in [1.54, 1.807) is 24.3 Å². The molecule has 1 aromatic heterocycles. The Morgan fingerprint density at radius 2 is 2.17 bits per heavy atom. The van der Waals surface area contributed by atoms with Crippen LogP contribution in [-0.2, 0) is 0 Å². The summed E-state index contributed by atoms with van der Waals surface area (Å²) in [5, 5.41) is 8.03. The third-order valence-electron chi connectivity index (χ3n) is 2.15. The summed E-state index contributed by atoms with van der Waals surface area (Å²) in [7, 11) is 0. The summed E-state index contributed by atoms with van der Waals surface area (Å²) in [4.78, 5) is 3.92. The molecule has 92 valence electrons. The molecule has 0 saturated carbocycles. The van der Waals surface area contributed by atoms with Crippen molar-refractivity contribution in [3.63, 3.8) is 0 Å². The Kier molecular flexibility index (Phi) is 3.84. The van der Waals surface area contributed by atoms with Gasteiger partial charge >= 0.3 is 0 Å². The molecule has 1 aromatic carbocycles. The Hall–Kier alpha value is -1.59. The molecule has 0 spiro atoms. The van der Waals surface area contributed by atoms with Crippen molar-refractivity contribution >= 4 is 33.4 Å². The largest absolute Gasteiger partial charge is 0.455 e. The number of hydrogen-bond acceptors (Lipinski definition) is 3. The van der Waals surface area contributed by atoms with Crippen molar-refractivity contribution < 1.29 is 4.74 Å². The maximum absolute atomic E-state index is 7.55. The van der Waals surface area contributed by atoms with Crippen LogP contribution >= 0.6 is 27.5 Å². The maximum atomic E-state index is 7.55. The Balaban J connectivity index is 2.40. The van der Waals surface area contributed by atoms with Gasteiger partial charge < -0.3 is 10.5 Å². The Labute approximate surface area is 117 Å². The quantitative estimate of drug-likeness (QED) is 0.669. The zero-order valence-electron chi connectivity index (χ0n) is 9.15. The number of amidine groups is 1. The van der Waals surface area contributed by atoms with E-state index in [-0.39, 0.29) is 5.84 Å². The molecule has 0 aliphatic heterocycles. The Morgan fingerprint density at radius 1 is 1.39 bits per heavy atom. The predicted octanol–water partition coefficient (Wildman–Crippen LogP) is 3.57. The Bertz CT molecular complexity index is 604. The van der Waals surface area contributed by atoms with Gasteiger partial charge in [-0.3, -0.25) is 10.4 Å². The van der Waals surface area contributed by atoms with Crippen molar-refractivity contribution in [2.75, 3.05) is 0 Å². The number of nitrogen functional groups attached to an aromatic ring is 1. The second kappa shape index (κ2) is 5.37. The first-order chi connectivity index (χ1) is 8.58. The molecule has 0 radical (unpaired) electrons. The summed E-state index contributed by atoms with van der Waals surface area (Å²) in [6.45, 7) is 0. The van der Waals surface area contributed by atoms with Gasteiger partial charge in [-0.15, -0.1) is 0 Å². The molecule has 2 rings (SSSR count). The van der Waals surface area contributed by atoms with Crippen LogP contribution in [0.25, 0.3) is 0 Å². The zero-order chi connectivity index (χ0) is 13.1. The molecular formula is C12H9BrClN3O. The number of pyridine rings is 1. The molecule has 18 heavy (non-hydrogen) atoms. The van der Waals surface area contributed by atoms with Crippen molar-refractivity contribution in [2.45, 2.75) is 0 Å². The minimum absolute atomic E-state index is 0.0764. The smallest absolute Gasteiger partial charge is 0.147 e. The normalized spacial score (nSPS) is 10.1. The molecule has 0 bridgehead atoms. The number of halogens is 2. The van der Waals surface area contributed by atoms with E-state index in [4.69, 9.17) is 27.5 Å². The average molecular weight is 327 g/mol. The highest BCUT2D eigenvalue weighted by Crippen LogP contribution is 2.30. The van der Waals surface area contributed by atoms with Crippen LogP contribution in [0.1, 0.15) is 5.56 Å². The highest BCUT2D eigenvalue weighted by molar-refractivity contribution is 9.10. The van der Waals surface area contributed by atoms with Crippen LogP contribution in [0.4, 0.5) is 0 Å². The van der Waals surface area contributed by atoms with Crippen LogP contribution in [0.2, 0.25) is 5.02 Å². The van der Waals surface area contributed by atoms with Gasteiger partial charge in [0.05, 0.1) is 16.8 Å². The SMILES string of the molecule is N=C(N)c1c(Br)cccc1Oc1cncc(Cl)c1. The molecule has 0 aliphatic rings. The van der Waals surface area contributed by atoms with Crippen LogP contribution in [0, 0.1) is 5.41 Å². The van der Waals surface area contributed by atoms with Gasteiger partial charge in [0.15, 0.2) is 0 Å². The molecule has 4 nitrogen and oxygen atoms in total. The minimum Gasteiger partial charge on any atom is -0.455 e. The van der Waals surface area contributed by atoms with E-state index in [0.29, 0.717) is 26.6 Å². The lowest BCUT2D eigenvalue weighted by Gasteiger charge is -2.11. The van der Waals surface area contributed by atoms with E-state index >= 15 is 0 Å². The summed E-state index contributed by atoms with van der Waals surface area (Å²) < 4.78 is 6.33. The lowest BCUT2D eigenvalue weighted by Crippen LogP contribution is -2.13. The Morgan fingerprint density at radius 3 is 2.83 bits per heavy atom. The fourth-order valence-corrected chi connectivity index (χ4v) is 2.15. The second-order valence-corrected chi connectivity index (χ2v) is 4.76. The van der Waals surface area contributed by atoms with Crippen molar-refractivity contribution in [2.24, 2.45) is 5.73 Å². The number of benzene rings is 1. The van der Waals surface area contributed by atoms with Crippen molar-refractivity contribution in [1.82, 2.24) is 4.98 Å². The monoisotopic (exact) mass is 325 g/mol. The van der Waals surface area contributed by atoms with Gasteiger partial charge in [0.25, 0.3) is 0 Å². The molecule has 0 atom stereocenters. The molecule has 0 fully saturated rings. The number of rotatable bonds is 3. The topological polar surface area (TPSA) is 72.0 Å². The molecule has 0 aliphatic carbocycles. The third kappa shape index (κ3) is 2.80. The number of nitrogens with zero attached hydrogens (tertiary/aromatic N) is 1. The van der Waals surface area contributed by atoms with E-state index in [1.807, 2.05) is 0 Å². The summed E-state index contributed by atoms with van der Waals surface area (Å²) in [5.74, 6) is 0.886. The van der Waals surface area contributed by atoms with E-state index < -0.39 is 0 Å². The lowest BCUT2D eigenvalue weighted by molar-refractivity contribution is 0.479. The summed E-state index contributed by atoms with van der Waals surface area (Å²) in [6.07, 6.45) is 3.05. The van der Waals surface area contributed by atoms with E-state index in [1.165, 1.54) is 12.4 Å². The highest BCUT2D eigenvalue weighted by atomic mass is 79.9. The van der Waals surface area contributed by atoms with Crippen LogP contribution < -0.4 is 10.5 Å². The molecule has 3 N–H and O–H groups in total. The van der Waals surface area contributed by atoms with Gasteiger partial charge in [0, 0.05) is 16.7 Å². The molecule has 6 heteroatoms. The first kappa shape index (κ1) is 12.9. The molecule has 2 aromatic rings. The number of ether oxygens (including phenoxy) is 1. The van der Waals surface area contributed by atoms with Gasteiger partial charge in [-0.2, -0.15) is 0 Å². The lowest BCUT2D eigenvalue weighted by atomic mass is 10.2. The van der Waals surface area contributed by atoms with Crippen molar-refractivity contribution in [3.8, 4) is 11.5 Å². The number of hydrogen-bond donors (Lipinski definition) is 2. The number of aromatic nitrogens is 1. The molecule has 0 unspecified atom stereocenters. The van der Waals surface area contributed by atoms with E-state index in [2.05, 4.69) is 20.9 Å². The first-order valence-electron chi connectivity index (χ1n) is 4.99. The third-order valence-corrected chi connectivity index (χ3v) is 3.02. The van der Waals surface area contributed by atoms with Gasteiger partial charge in [-0.1, -0.05) is 17.7 Å². The van der Waals surface area contributed by atoms with Gasteiger partial charge in [0.2, 0.25) is 0 Å². The second-order valence-electron chi connectivity index (χ2n) is 3.47. The number of nitrogens with two attached hydrogens (primary N) is 1. The maximum Gasteiger partial charge on any atom is 0.147 e. The minimum atomic E-state index is -0.0764. The van der Waals surface area contributed by atoms with E-state index in [0.717, 1.165) is 0 Å². The van der Waals surface area contributed by atoms with Crippen molar-refractivity contribution in [1.29, 1.82) is 5.41 Å². The fraction of sp³-hybridized carbons (Fsp3) is 0. The van der Waals surface area contributed by atoms with Gasteiger partial charge in [0.1, 0.15) is 17.3 Å². The first-order valence-corrected chi connectivity index (χ1v) is 6.16. The highest BCUT2D eigenvalue weighted by Gasteiger charge is 2.11. The number of nitrogens with one attached hydrogen (secondary N) is 1. The fourth-order valence-electron chi connectivity index (χ4n) is 1.43. The molecular weight excluding hydrogens is 318 g/mol. The van der Waals surface area contributed by atoms with Gasteiger partial charge in [-0.05, 0) is 28.1 Å². The van der Waals surface area contributed by atoms with Crippen LogP contribution in [0.5, 0.6) is 11.5 Å². The average Bonchev–Trinajstić information content (AvgIpc) is 2.28. The summed E-state index contributed by atoms with van der Waals surface area (Å²) in [6, 6.07) is 6.95. The zero-order valence-corrected chi connectivity index (χ0v) is 11.5. The molecule has 0 saturated heterocycles. The summed E-state index contributed by atoms with van der Waals surface area (Å²) in [5.41, 5.74) is 6.03. The van der Waals surface area contributed by atoms with Crippen LogP contribution in [0.15, 0.2) is 41.1 Å². The van der Waals surface area contributed by atoms with Crippen LogP contribution in [-0.4, -0.2) is 10.8 Å². The van der Waals surface area contributed by atoms with Crippen LogP contribution in [0.3, 0.4) is 0 Å². The standard InChI is InChI=1S/C12H9BrClN3O/c13-9-2-1-3-10(11(9)12(15)16)18-8-4-7(14)5-17-6-8/h1-6H,(H3,15,16). The van der Waals surface area contributed by atoms with Gasteiger partial charge in [-0.25, -0.2) is 0 Å². The molecule has 0 amide bonds. The van der Waals surface area contributed by atoms with E-state index in [9.17, 15) is 0 Å².